The smallest absolute Gasteiger partial charge is 0.257 e. The predicted octanol–water partition coefficient (Wildman–Crippen LogP) is 4.24. The van der Waals surface area contributed by atoms with E-state index in [2.05, 4.69) is 45.4 Å². The van der Waals surface area contributed by atoms with Crippen molar-refractivity contribution < 1.29 is 4.42 Å². The molecule has 3 heterocycles. The quantitative estimate of drug-likeness (QED) is 0.481. The van der Waals surface area contributed by atoms with Gasteiger partial charge in [-0.25, -0.2) is 0 Å². The molecule has 0 aliphatic carbocycles. The average molecular weight is 379 g/mol. The minimum Gasteiger partial charge on any atom is -0.418 e. The minimum absolute atomic E-state index is 0.0173. The zero-order valence-electron chi connectivity index (χ0n) is 15.3. The van der Waals surface area contributed by atoms with Crippen molar-refractivity contribution in [3.63, 3.8) is 0 Å². The fourth-order valence-corrected chi connectivity index (χ4v) is 3.51. The maximum Gasteiger partial charge on any atom is 0.257 e. The van der Waals surface area contributed by atoms with Crippen LogP contribution in [-0.2, 0) is 13.1 Å². The van der Waals surface area contributed by atoms with E-state index in [0.717, 1.165) is 23.5 Å². The van der Waals surface area contributed by atoms with Gasteiger partial charge in [-0.3, -0.25) is 9.58 Å². The van der Waals surface area contributed by atoms with Crippen LogP contribution in [0.1, 0.15) is 30.0 Å². The second-order valence-electron chi connectivity index (χ2n) is 6.55. The van der Waals surface area contributed by atoms with E-state index in [1.807, 2.05) is 53.6 Å². The summed E-state index contributed by atoms with van der Waals surface area (Å²) in [6.07, 6.45) is 4.00. The molecule has 27 heavy (non-hydrogen) atoms. The van der Waals surface area contributed by atoms with Gasteiger partial charge in [0.2, 0.25) is 5.89 Å². The molecule has 0 N–H and O–H groups in total. The summed E-state index contributed by atoms with van der Waals surface area (Å²) in [6.45, 7) is 3.60. The number of aromatic nitrogens is 4. The van der Waals surface area contributed by atoms with E-state index in [4.69, 9.17) is 4.42 Å². The molecular weight excluding hydrogens is 358 g/mol. The van der Waals surface area contributed by atoms with E-state index in [-0.39, 0.29) is 6.04 Å². The SMILES string of the molecule is C[C@@H](c1nnc(-c2cccs2)o1)N(C)Cc1cnn(Cc2ccccc2)c1. The Balaban J connectivity index is 1.39. The fourth-order valence-electron chi connectivity index (χ4n) is 2.86. The molecule has 0 saturated heterocycles. The maximum atomic E-state index is 5.86. The zero-order valence-corrected chi connectivity index (χ0v) is 16.1. The van der Waals surface area contributed by atoms with Crippen LogP contribution in [0.3, 0.4) is 0 Å². The van der Waals surface area contributed by atoms with Crippen molar-refractivity contribution in [3.8, 4) is 10.8 Å². The van der Waals surface area contributed by atoms with Gasteiger partial charge in [-0.05, 0) is 31.0 Å². The third-order valence-corrected chi connectivity index (χ3v) is 5.36. The molecule has 138 valence electrons. The van der Waals surface area contributed by atoms with Crippen molar-refractivity contribution in [1.82, 2.24) is 24.9 Å². The van der Waals surface area contributed by atoms with E-state index in [1.54, 1.807) is 11.3 Å². The lowest BCUT2D eigenvalue weighted by Gasteiger charge is -2.20. The average Bonchev–Trinajstić information content (AvgIpc) is 3.43. The third kappa shape index (κ3) is 4.15. The number of thiophene rings is 1. The molecule has 0 amide bonds. The Morgan fingerprint density at radius 3 is 2.74 bits per heavy atom. The number of benzene rings is 1. The summed E-state index contributed by atoms with van der Waals surface area (Å²) in [7, 11) is 2.05. The van der Waals surface area contributed by atoms with E-state index in [1.165, 1.54) is 5.56 Å². The normalized spacial score (nSPS) is 12.6. The van der Waals surface area contributed by atoms with Gasteiger partial charge in [0.25, 0.3) is 5.89 Å². The standard InChI is InChI=1S/C20H21N5OS/c1-15(19-22-23-20(26-19)18-9-6-10-27-18)24(2)12-17-11-21-25(14-17)13-16-7-4-3-5-8-16/h3-11,14-15H,12-13H2,1-2H3/t15-/m0/s1. The van der Waals surface area contributed by atoms with Crippen molar-refractivity contribution in [2.24, 2.45) is 0 Å². The first-order valence-electron chi connectivity index (χ1n) is 8.82. The molecule has 0 radical (unpaired) electrons. The zero-order chi connectivity index (χ0) is 18.6. The Kier molecular flexibility index (Phi) is 5.13. The van der Waals surface area contributed by atoms with Gasteiger partial charge >= 0.3 is 0 Å². The lowest BCUT2D eigenvalue weighted by molar-refractivity contribution is 0.218. The van der Waals surface area contributed by atoms with Crippen molar-refractivity contribution in [3.05, 3.63) is 77.3 Å². The van der Waals surface area contributed by atoms with Gasteiger partial charge in [0.05, 0.1) is 23.7 Å². The highest BCUT2D eigenvalue weighted by molar-refractivity contribution is 7.13. The molecule has 4 aromatic rings. The largest absolute Gasteiger partial charge is 0.418 e. The summed E-state index contributed by atoms with van der Waals surface area (Å²) >= 11 is 1.59. The highest BCUT2D eigenvalue weighted by atomic mass is 32.1. The molecule has 0 bridgehead atoms. The van der Waals surface area contributed by atoms with Crippen LogP contribution in [0, 0.1) is 0 Å². The number of rotatable bonds is 7. The van der Waals surface area contributed by atoms with Gasteiger partial charge in [0, 0.05) is 18.3 Å². The molecule has 1 atom stereocenters. The fraction of sp³-hybridized carbons (Fsp3) is 0.250. The van der Waals surface area contributed by atoms with Crippen LogP contribution in [0.25, 0.3) is 10.8 Å². The van der Waals surface area contributed by atoms with E-state index in [0.29, 0.717) is 11.8 Å². The number of hydrogen-bond acceptors (Lipinski definition) is 6. The Hall–Kier alpha value is -2.77. The Labute approximate surface area is 162 Å². The molecule has 3 aromatic heterocycles. The first-order valence-corrected chi connectivity index (χ1v) is 9.70. The summed E-state index contributed by atoms with van der Waals surface area (Å²) in [5.74, 6) is 1.20. The van der Waals surface area contributed by atoms with Gasteiger partial charge in [-0.1, -0.05) is 36.4 Å². The van der Waals surface area contributed by atoms with Crippen LogP contribution in [-0.4, -0.2) is 31.9 Å². The summed E-state index contributed by atoms with van der Waals surface area (Å²) in [6, 6.07) is 14.3. The van der Waals surface area contributed by atoms with Gasteiger partial charge in [-0.15, -0.1) is 21.5 Å². The Morgan fingerprint density at radius 2 is 1.96 bits per heavy atom. The highest BCUT2D eigenvalue weighted by Crippen LogP contribution is 2.26. The first-order chi connectivity index (χ1) is 13.2. The summed E-state index contributed by atoms with van der Waals surface area (Å²) in [4.78, 5) is 3.17. The summed E-state index contributed by atoms with van der Waals surface area (Å²) in [5, 5.41) is 14.9. The lowest BCUT2D eigenvalue weighted by Crippen LogP contribution is -2.22. The van der Waals surface area contributed by atoms with Crippen LogP contribution >= 0.6 is 11.3 Å². The van der Waals surface area contributed by atoms with Crippen LogP contribution in [0.15, 0.2) is 64.7 Å². The molecule has 0 unspecified atom stereocenters. The second kappa shape index (κ2) is 7.85. The van der Waals surface area contributed by atoms with Crippen LogP contribution in [0.2, 0.25) is 0 Å². The Morgan fingerprint density at radius 1 is 1.11 bits per heavy atom. The molecular formula is C20H21N5OS. The minimum atomic E-state index is 0.0173. The topological polar surface area (TPSA) is 60.0 Å². The molecule has 0 aliphatic rings. The number of nitrogens with zero attached hydrogens (tertiary/aromatic N) is 5. The van der Waals surface area contributed by atoms with Gasteiger partial charge < -0.3 is 4.42 Å². The highest BCUT2D eigenvalue weighted by Gasteiger charge is 2.20. The summed E-state index contributed by atoms with van der Waals surface area (Å²) in [5.41, 5.74) is 2.39. The van der Waals surface area contributed by atoms with E-state index >= 15 is 0 Å². The van der Waals surface area contributed by atoms with Crippen molar-refractivity contribution >= 4 is 11.3 Å². The second-order valence-corrected chi connectivity index (χ2v) is 7.49. The van der Waals surface area contributed by atoms with Crippen LogP contribution in [0.4, 0.5) is 0 Å². The van der Waals surface area contributed by atoms with Gasteiger partial charge in [0.15, 0.2) is 0 Å². The van der Waals surface area contributed by atoms with Gasteiger partial charge in [-0.2, -0.15) is 5.10 Å². The van der Waals surface area contributed by atoms with Gasteiger partial charge in [0.1, 0.15) is 0 Å². The molecule has 6 nitrogen and oxygen atoms in total. The van der Waals surface area contributed by atoms with Crippen molar-refractivity contribution in [2.45, 2.75) is 26.1 Å². The van der Waals surface area contributed by atoms with Crippen molar-refractivity contribution in [1.29, 1.82) is 0 Å². The maximum absolute atomic E-state index is 5.86. The van der Waals surface area contributed by atoms with Crippen LogP contribution in [0.5, 0.6) is 0 Å². The Bertz CT molecular complexity index is 977. The van der Waals surface area contributed by atoms with Crippen molar-refractivity contribution in [2.75, 3.05) is 7.05 Å². The third-order valence-electron chi connectivity index (χ3n) is 4.50. The summed E-state index contributed by atoms with van der Waals surface area (Å²) < 4.78 is 7.82. The van der Waals surface area contributed by atoms with E-state index in [9.17, 15) is 0 Å². The predicted molar refractivity (Wildman–Crippen MR) is 105 cm³/mol. The molecule has 0 aliphatic heterocycles. The molecule has 0 saturated carbocycles. The van der Waals surface area contributed by atoms with E-state index < -0.39 is 0 Å². The lowest BCUT2D eigenvalue weighted by atomic mass is 10.2. The van der Waals surface area contributed by atoms with Crippen LogP contribution < -0.4 is 0 Å². The molecule has 7 heteroatoms. The molecule has 4 rings (SSSR count). The first kappa shape index (κ1) is 17.6. The molecule has 0 fully saturated rings. The number of hydrogen-bond donors (Lipinski definition) is 0. The molecule has 1 aromatic carbocycles. The monoisotopic (exact) mass is 379 g/mol. The molecule has 0 spiro atoms.